The number of carbonyl (C=O) groups excluding carboxylic acids is 2. The molecular weight excluding hydrogens is 417 g/mol. The average molecular weight is 440 g/mol. The number of hydrogen-bond donors (Lipinski definition) is 0. The zero-order valence-corrected chi connectivity index (χ0v) is 18.5. The van der Waals surface area contributed by atoms with Crippen LogP contribution in [0.15, 0.2) is 36.4 Å². The Kier molecular flexibility index (Phi) is 6.09. The van der Waals surface area contributed by atoms with Gasteiger partial charge in [0.2, 0.25) is 0 Å². The summed E-state index contributed by atoms with van der Waals surface area (Å²) in [4.78, 5) is 30.8. The number of carbonyl (C=O) groups is 2. The minimum atomic E-state index is -1.04. The van der Waals surface area contributed by atoms with Gasteiger partial charge in [-0.2, -0.15) is 0 Å². The van der Waals surface area contributed by atoms with E-state index >= 15 is 4.39 Å². The van der Waals surface area contributed by atoms with E-state index in [0.717, 1.165) is 5.56 Å². The first-order chi connectivity index (χ1) is 14.6. The maximum atomic E-state index is 15.0. The fourth-order valence-corrected chi connectivity index (χ4v) is 4.07. The van der Waals surface area contributed by atoms with Gasteiger partial charge in [0.25, 0.3) is 5.91 Å². The summed E-state index contributed by atoms with van der Waals surface area (Å²) < 4.78 is 19.7. The van der Waals surface area contributed by atoms with Gasteiger partial charge in [-0.25, -0.2) is 9.24 Å². The van der Waals surface area contributed by atoms with E-state index in [4.69, 9.17) is 18.8 Å². The molecule has 3 rings (SSSR count). The van der Waals surface area contributed by atoms with E-state index in [9.17, 15) is 9.59 Å². The Hall–Kier alpha value is -3.31. The minimum Gasteiger partial charge on any atom is -0.469 e. The molecular formula is C23H22FN3O3S. The normalized spacial score (nSPS) is 15.2. The van der Waals surface area contributed by atoms with Crippen molar-refractivity contribution in [3.8, 4) is 0 Å². The first kappa shape index (κ1) is 22.4. The van der Waals surface area contributed by atoms with Crippen LogP contribution in [0.2, 0.25) is 0 Å². The molecule has 2 aromatic carbocycles. The molecule has 0 saturated carbocycles. The second-order valence-electron chi connectivity index (χ2n) is 7.71. The highest BCUT2D eigenvalue weighted by Crippen LogP contribution is 2.39. The summed E-state index contributed by atoms with van der Waals surface area (Å²) >= 11 is 5.59. The molecule has 0 radical (unpaired) electrons. The predicted molar refractivity (Wildman–Crippen MR) is 121 cm³/mol. The lowest BCUT2D eigenvalue weighted by atomic mass is 10.0. The van der Waals surface area contributed by atoms with Crippen molar-refractivity contribution in [1.82, 2.24) is 0 Å². The number of hydrogen-bond acceptors (Lipinski definition) is 4. The first-order valence-electron chi connectivity index (χ1n) is 9.64. The zero-order chi connectivity index (χ0) is 22.9. The molecule has 1 aliphatic rings. The highest BCUT2D eigenvalue weighted by molar-refractivity contribution is 7.81. The van der Waals surface area contributed by atoms with Gasteiger partial charge in [-0.3, -0.25) is 14.5 Å². The average Bonchev–Trinajstić information content (AvgIpc) is 2.93. The second kappa shape index (κ2) is 8.44. The molecule has 0 aliphatic carbocycles. The van der Waals surface area contributed by atoms with Crippen molar-refractivity contribution in [1.29, 1.82) is 0 Å². The number of esters is 1. The maximum Gasteiger partial charge on any atom is 0.305 e. The molecule has 1 aliphatic heterocycles. The van der Waals surface area contributed by atoms with Crippen LogP contribution in [0.25, 0.3) is 4.85 Å². The molecule has 0 unspecified atom stereocenters. The van der Waals surface area contributed by atoms with Crippen molar-refractivity contribution in [3.05, 3.63) is 64.8 Å². The van der Waals surface area contributed by atoms with Gasteiger partial charge in [0.05, 0.1) is 19.4 Å². The molecule has 1 heterocycles. The first-order valence-corrected chi connectivity index (χ1v) is 10.0. The molecule has 1 fully saturated rings. The van der Waals surface area contributed by atoms with Crippen molar-refractivity contribution in [2.45, 2.75) is 39.2 Å². The van der Waals surface area contributed by atoms with Gasteiger partial charge in [-0.1, -0.05) is 18.2 Å². The summed E-state index contributed by atoms with van der Waals surface area (Å²) in [6.45, 7) is 12.1. The topological polar surface area (TPSA) is 54.2 Å². The molecule has 8 heteroatoms. The Balaban J connectivity index is 1.94. The molecule has 6 nitrogen and oxygen atoms in total. The van der Waals surface area contributed by atoms with Crippen LogP contribution in [-0.4, -0.2) is 29.6 Å². The number of halogens is 1. The van der Waals surface area contributed by atoms with Crippen LogP contribution < -0.4 is 9.80 Å². The number of benzene rings is 2. The van der Waals surface area contributed by atoms with Crippen molar-refractivity contribution in [2.24, 2.45) is 0 Å². The van der Waals surface area contributed by atoms with Gasteiger partial charge in [-0.15, -0.1) is 0 Å². The fraction of sp³-hybridized carbons (Fsp3) is 0.304. The molecule has 0 N–H and O–H groups in total. The Morgan fingerprint density at radius 1 is 1.23 bits per heavy atom. The van der Waals surface area contributed by atoms with Crippen molar-refractivity contribution >= 4 is 46.3 Å². The van der Waals surface area contributed by atoms with E-state index in [1.165, 1.54) is 31.1 Å². The van der Waals surface area contributed by atoms with E-state index in [1.807, 2.05) is 24.3 Å². The van der Waals surface area contributed by atoms with Gasteiger partial charge in [0, 0.05) is 12.1 Å². The van der Waals surface area contributed by atoms with E-state index in [0.29, 0.717) is 12.1 Å². The van der Waals surface area contributed by atoms with Gasteiger partial charge in [-0.05, 0) is 68.7 Å². The summed E-state index contributed by atoms with van der Waals surface area (Å²) in [6.07, 6.45) is 0.804. The van der Waals surface area contributed by atoms with Crippen LogP contribution in [-0.2, 0) is 20.7 Å². The summed E-state index contributed by atoms with van der Waals surface area (Å²) in [5.41, 5.74) is 0.986. The maximum absolute atomic E-state index is 15.0. The van der Waals surface area contributed by atoms with Crippen LogP contribution in [0, 0.1) is 19.3 Å². The lowest BCUT2D eigenvalue weighted by Crippen LogP contribution is -2.44. The third-order valence-electron chi connectivity index (χ3n) is 5.41. The Bertz CT molecular complexity index is 1110. The Morgan fingerprint density at radius 3 is 2.45 bits per heavy atom. The van der Waals surface area contributed by atoms with E-state index in [-0.39, 0.29) is 40.3 Å². The quantitative estimate of drug-likeness (QED) is 0.384. The van der Waals surface area contributed by atoms with Crippen LogP contribution in [0.4, 0.5) is 21.5 Å². The third kappa shape index (κ3) is 3.89. The highest BCUT2D eigenvalue weighted by atomic mass is 32.1. The van der Waals surface area contributed by atoms with Gasteiger partial charge >= 0.3 is 5.97 Å². The van der Waals surface area contributed by atoms with E-state index in [1.54, 1.807) is 18.7 Å². The number of nitrogens with zero attached hydrogens (tertiary/aromatic N) is 3. The molecule has 0 atom stereocenters. The summed E-state index contributed by atoms with van der Waals surface area (Å²) in [5, 5.41) is 0.158. The molecule has 160 valence electrons. The van der Waals surface area contributed by atoms with E-state index < -0.39 is 11.4 Å². The number of amides is 1. The van der Waals surface area contributed by atoms with Gasteiger partial charge in [0.1, 0.15) is 11.4 Å². The summed E-state index contributed by atoms with van der Waals surface area (Å²) in [5.74, 6) is -1.28. The molecule has 0 spiro atoms. The number of anilines is 2. The largest absolute Gasteiger partial charge is 0.469 e. The Labute approximate surface area is 186 Å². The third-order valence-corrected chi connectivity index (χ3v) is 5.77. The van der Waals surface area contributed by atoms with Gasteiger partial charge in [0.15, 0.2) is 10.8 Å². The number of thiocarbonyl (C=S) groups is 1. The number of ether oxygens (including phenoxy) is 1. The van der Waals surface area contributed by atoms with Crippen molar-refractivity contribution in [3.63, 3.8) is 0 Å². The zero-order valence-electron chi connectivity index (χ0n) is 17.7. The van der Waals surface area contributed by atoms with Crippen LogP contribution >= 0.6 is 12.2 Å². The monoisotopic (exact) mass is 439 g/mol. The van der Waals surface area contributed by atoms with Crippen LogP contribution in [0.5, 0.6) is 0 Å². The highest BCUT2D eigenvalue weighted by Gasteiger charge is 2.50. The van der Waals surface area contributed by atoms with Crippen molar-refractivity contribution < 1.29 is 18.7 Å². The summed E-state index contributed by atoms with van der Waals surface area (Å²) in [7, 11) is 1.35. The van der Waals surface area contributed by atoms with Crippen LogP contribution in [0.3, 0.4) is 0 Å². The lowest BCUT2D eigenvalue weighted by molar-refractivity contribution is -0.140. The number of methoxy groups -OCH3 is 1. The lowest BCUT2D eigenvalue weighted by Gasteiger charge is -2.29. The predicted octanol–water partition coefficient (Wildman–Crippen LogP) is 4.71. The SMILES string of the molecule is [C-]#[N+]c1ccc(N2C(=O)C(C)(C)N(c3ccc(CCC(=O)OC)cc3)C2=S)c(F)c1C. The molecule has 0 aromatic heterocycles. The molecule has 0 bridgehead atoms. The minimum absolute atomic E-state index is 0.0326. The second-order valence-corrected chi connectivity index (χ2v) is 8.08. The van der Waals surface area contributed by atoms with Crippen LogP contribution in [0.1, 0.15) is 31.4 Å². The standard InChI is InChI=1S/C23H22FN3O3S/c1-14-17(25-4)11-12-18(20(14)24)26-21(29)23(2,3)27(22(26)31)16-9-6-15(7-10-16)8-13-19(28)30-5/h6-7,9-12H,8,13H2,1-3,5H3. The molecule has 1 amide bonds. The van der Waals surface area contributed by atoms with Crippen molar-refractivity contribution in [2.75, 3.05) is 16.9 Å². The number of rotatable bonds is 5. The molecule has 31 heavy (non-hydrogen) atoms. The Morgan fingerprint density at radius 2 is 1.87 bits per heavy atom. The van der Waals surface area contributed by atoms with E-state index in [2.05, 4.69) is 9.58 Å². The smallest absolute Gasteiger partial charge is 0.305 e. The number of aryl methyl sites for hydroxylation is 1. The molecule has 2 aromatic rings. The summed E-state index contributed by atoms with van der Waals surface area (Å²) in [6, 6.07) is 10.3. The fourth-order valence-electron chi connectivity index (χ4n) is 3.56. The molecule has 1 saturated heterocycles. The van der Waals surface area contributed by atoms with Gasteiger partial charge < -0.3 is 9.64 Å².